The van der Waals surface area contributed by atoms with Crippen molar-refractivity contribution >= 4 is 11.4 Å². The average Bonchev–Trinajstić information content (AvgIpc) is 2.74. The van der Waals surface area contributed by atoms with Gasteiger partial charge >= 0.3 is 0 Å². The zero-order valence-corrected chi connectivity index (χ0v) is 11.6. The predicted octanol–water partition coefficient (Wildman–Crippen LogP) is 2.26. The van der Waals surface area contributed by atoms with Gasteiger partial charge in [-0.1, -0.05) is 0 Å². The summed E-state index contributed by atoms with van der Waals surface area (Å²) in [5.74, 6) is 0.445. The normalized spacial score (nSPS) is 10.3. The number of non-ortho nitro benzene ring substituents is 1. The summed E-state index contributed by atoms with van der Waals surface area (Å²) in [6, 6.07) is 4.49. The van der Waals surface area contributed by atoms with Crippen LogP contribution in [0.15, 0.2) is 24.4 Å². The molecule has 1 aromatic carbocycles. The number of anilines is 1. The van der Waals surface area contributed by atoms with Gasteiger partial charge in [0.1, 0.15) is 5.75 Å². The standard InChI is InChI=1S/C13H16N4O3/c1-9-10(8-16(2)15-9)7-14-12-5-4-11(17(18)19)6-13(12)20-3/h4-6,8,14H,7H2,1-3H3. The third-order valence-corrected chi connectivity index (χ3v) is 2.98. The van der Waals surface area contributed by atoms with Crippen LogP contribution in [-0.4, -0.2) is 21.8 Å². The lowest BCUT2D eigenvalue weighted by atomic mass is 10.2. The molecule has 1 aromatic heterocycles. The van der Waals surface area contributed by atoms with E-state index in [1.807, 2.05) is 20.2 Å². The maximum atomic E-state index is 10.7. The minimum atomic E-state index is -0.447. The van der Waals surface area contributed by atoms with Gasteiger partial charge in [0.25, 0.3) is 5.69 Å². The first-order valence-electron chi connectivity index (χ1n) is 6.06. The van der Waals surface area contributed by atoms with Crippen molar-refractivity contribution in [3.05, 3.63) is 45.8 Å². The minimum absolute atomic E-state index is 0.00459. The highest BCUT2D eigenvalue weighted by Crippen LogP contribution is 2.29. The molecule has 106 valence electrons. The molecule has 0 saturated heterocycles. The van der Waals surface area contributed by atoms with E-state index in [-0.39, 0.29) is 5.69 Å². The fourth-order valence-electron chi connectivity index (χ4n) is 1.95. The Labute approximate surface area is 116 Å². The molecule has 0 spiro atoms. The average molecular weight is 276 g/mol. The van der Waals surface area contributed by atoms with E-state index >= 15 is 0 Å². The molecule has 0 radical (unpaired) electrons. The van der Waals surface area contributed by atoms with Gasteiger partial charge in [-0.2, -0.15) is 5.10 Å². The van der Waals surface area contributed by atoms with E-state index in [0.29, 0.717) is 18.0 Å². The molecule has 1 N–H and O–H groups in total. The fraction of sp³-hybridized carbons (Fsp3) is 0.308. The second kappa shape index (κ2) is 5.60. The molecule has 7 nitrogen and oxygen atoms in total. The Bertz CT molecular complexity index is 637. The molecule has 2 rings (SSSR count). The van der Waals surface area contributed by atoms with Crippen LogP contribution in [0.25, 0.3) is 0 Å². The molecule has 0 aliphatic heterocycles. The highest BCUT2D eigenvalue weighted by Gasteiger charge is 2.11. The van der Waals surface area contributed by atoms with Crippen LogP contribution in [0.2, 0.25) is 0 Å². The Kier molecular flexibility index (Phi) is 3.88. The number of hydrogen-bond acceptors (Lipinski definition) is 5. The monoisotopic (exact) mass is 276 g/mol. The largest absolute Gasteiger partial charge is 0.494 e. The summed E-state index contributed by atoms with van der Waals surface area (Å²) in [4.78, 5) is 10.3. The number of rotatable bonds is 5. The van der Waals surface area contributed by atoms with Gasteiger partial charge < -0.3 is 10.1 Å². The molecular formula is C13H16N4O3. The molecule has 0 aliphatic rings. The van der Waals surface area contributed by atoms with Crippen molar-refractivity contribution < 1.29 is 9.66 Å². The van der Waals surface area contributed by atoms with Crippen molar-refractivity contribution in [2.24, 2.45) is 7.05 Å². The Morgan fingerprint density at radius 3 is 2.80 bits per heavy atom. The number of aryl methyl sites for hydroxylation is 2. The number of hydrogen-bond donors (Lipinski definition) is 1. The third-order valence-electron chi connectivity index (χ3n) is 2.98. The summed E-state index contributed by atoms with van der Waals surface area (Å²) in [6.45, 7) is 2.51. The quantitative estimate of drug-likeness (QED) is 0.669. The SMILES string of the molecule is COc1cc([N+](=O)[O-])ccc1NCc1cn(C)nc1C. The summed E-state index contributed by atoms with van der Waals surface area (Å²) in [7, 11) is 3.35. The molecule has 1 heterocycles. The van der Waals surface area contributed by atoms with Gasteiger partial charge in [0.05, 0.1) is 29.5 Å². The highest BCUT2D eigenvalue weighted by molar-refractivity contribution is 5.60. The van der Waals surface area contributed by atoms with Crippen molar-refractivity contribution in [3.63, 3.8) is 0 Å². The summed E-state index contributed by atoms with van der Waals surface area (Å²) in [5.41, 5.74) is 2.72. The first-order chi connectivity index (χ1) is 9.51. The van der Waals surface area contributed by atoms with E-state index in [9.17, 15) is 10.1 Å². The van der Waals surface area contributed by atoms with Crippen molar-refractivity contribution in [1.29, 1.82) is 0 Å². The molecule has 0 amide bonds. The molecule has 0 fully saturated rings. The second-order valence-corrected chi connectivity index (χ2v) is 4.41. The van der Waals surface area contributed by atoms with Crippen LogP contribution in [-0.2, 0) is 13.6 Å². The summed E-state index contributed by atoms with van der Waals surface area (Å²) >= 11 is 0. The smallest absolute Gasteiger partial charge is 0.273 e. The van der Waals surface area contributed by atoms with Crippen LogP contribution in [0.1, 0.15) is 11.3 Å². The highest BCUT2D eigenvalue weighted by atomic mass is 16.6. The van der Waals surface area contributed by atoms with E-state index < -0.39 is 4.92 Å². The lowest BCUT2D eigenvalue weighted by Gasteiger charge is -2.10. The zero-order valence-electron chi connectivity index (χ0n) is 11.6. The van der Waals surface area contributed by atoms with Crippen LogP contribution >= 0.6 is 0 Å². The third kappa shape index (κ3) is 2.87. The Balaban J connectivity index is 2.17. The van der Waals surface area contributed by atoms with E-state index in [1.54, 1.807) is 10.7 Å². The number of methoxy groups -OCH3 is 1. The van der Waals surface area contributed by atoms with Crippen LogP contribution in [0.5, 0.6) is 5.75 Å². The molecule has 0 bridgehead atoms. The topological polar surface area (TPSA) is 82.2 Å². The molecule has 2 aromatic rings. The predicted molar refractivity (Wildman–Crippen MR) is 74.9 cm³/mol. The van der Waals surface area contributed by atoms with Crippen LogP contribution < -0.4 is 10.1 Å². The summed E-state index contributed by atoms with van der Waals surface area (Å²) in [5, 5.41) is 18.2. The second-order valence-electron chi connectivity index (χ2n) is 4.41. The summed E-state index contributed by atoms with van der Waals surface area (Å²) < 4.78 is 6.92. The van der Waals surface area contributed by atoms with Crippen molar-refractivity contribution in [2.75, 3.05) is 12.4 Å². The first kappa shape index (κ1) is 13.9. The van der Waals surface area contributed by atoms with Crippen molar-refractivity contribution in [1.82, 2.24) is 9.78 Å². The number of benzene rings is 1. The molecule has 0 atom stereocenters. The molecule has 0 saturated carbocycles. The van der Waals surface area contributed by atoms with Gasteiger partial charge in [0, 0.05) is 31.4 Å². The van der Waals surface area contributed by atoms with E-state index in [0.717, 1.165) is 11.3 Å². The molecule has 0 aliphatic carbocycles. The molecule has 0 unspecified atom stereocenters. The maximum absolute atomic E-state index is 10.7. The Morgan fingerprint density at radius 1 is 1.50 bits per heavy atom. The fourth-order valence-corrected chi connectivity index (χ4v) is 1.95. The Hall–Kier alpha value is -2.57. The first-order valence-corrected chi connectivity index (χ1v) is 6.06. The molecule has 7 heteroatoms. The van der Waals surface area contributed by atoms with Gasteiger partial charge in [-0.05, 0) is 13.0 Å². The van der Waals surface area contributed by atoms with Crippen LogP contribution in [0, 0.1) is 17.0 Å². The van der Waals surface area contributed by atoms with Gasteiger partial charge in [-0.15, -0.1) is 0 Å². The van der Waals surface area contributed by atoms with E-state index in [2.05, 4.69) is 10.4 Å². The van der Waals surface area contributed by atoms with Crippen LogP contribution in [0.3, 0.4) is 0 Å². The van der Waals surface area contributed by atoms with Crippen molar-refractivity contribution in [3.8, 4) is 5.75 Å². The van der Waals surface area contributed by atoms with Gasteiger partial charge in [0.2, 0.25) is 0 Å². The Morgan fingerprint density at radius 2 is 2.25 bits per heavy atom. The summed E-state index contributed by atoms with van der Waals surface area (Å²) in [6.07, 6.45) is 1.93. The number of nitro benzene ring substituents is 1. The van der Waals surface area contributed by atoms with E-state index in [1.165, 1.54) is 19.2 Å². The number of aromatic nitrogens is 2. The molecular weight excluding hydrogens is 260 g/mol. The van der Waals surface area contributed by atoms with Crippen molar-refractivity contribution in [2.45, 2.75) is 13.5 Å². The van der Waals surface area contributed by atoms with Gasteiger partial charge in [-0.25, -0.2) is 0 Å². The van der Waals surface area contributed by atoms with Crippen LogP contribution in [0.4, 0.5) is 11.4 Å². The number of nitro groups is 1. The van der Waals surface area contributed by atoms with E-state index in [4.69, 9.17) is 4.74 Å². The zero-order chi connectivity index (χ0) is 14.7. The minimum Gasteiger partial charge on any atom is -0.494 e. The number of nitrogens with one attached hydrogen (secondary N) is 1. The lowest BCUT2D eigenvalue weighted by molar-refractivity contribution is -0.384. The maximum Gasteiger partial charge on any atom is 0.273 e. The number of nitrogens with zero attached hydrogens (tertiary/aromatic N) is 3. The van der Waals surface area contributed by atoms with Gasteiger partial charge in [0.15, 0.2) is 0 Å². The molecule has 20 heavy (non-hydrogen) atoms. The number of ether oxygens (including phenoxy) is 1. The van der Waals surface area contributed by atoms with Gasteiger partial charge in [-0.3, -0.25) is 14.8 Å². The lowest BCUT2D eigenvalue weighted by Crippen LogP contribution is -2.02.